The molecular formula is C15H27N3. The number of nitrogens with two attached hydrogens (primary N) is 1. The third kappa shape index (κ3) is 2.94. The van der Waals surface area contributed by atoms with E-state index in [4.69, 9.17) is 5.73 Å². The molecule has 3 nitrogen and oxygen atoms in total. The van der Waals surface area contributed by atoms with Crippen LogP contribution < -0.4 is 5.73 Å². The van der Waals surface area contributed by atoms with Crippen LogP contribution in [0.3, 0.4) is 0 Å². The molecule has 1 fully saturated rings. The van der Waals surface area contributed by atoms with Crippen LogP contribution >= 0.6 is 0 Å². The molecule has 1 aromatic heterocycles. The summed E-state index contributed by atoms with van der Waals surface area (Å²) in [4.78, 5) is 4.43. The van der Waals surface area contributed by atoms with Crippen LogP contribution in [0.1, 0.15) is 52.8 Å². The van der Waals surface area contributed by atoms with E-state index in [1.54, 1.807) is 0 Å². The highest BCUT2D eigenvalue weighted by Crippen LogP contribution is 2.49. The molecule has 1 saturated carbocycles. The van der Waals surface area contributed by atoms with Crippen molar-refractivity contribution in [1.82, 2.24) is 9.55 Å². The van der Waals surface area contributed by atoms with Crippen LogP contribution in [0.25, 0.3) is 0 Å². The molecule has 3 heteroatoms. The van der Waals surface area contributed by atoms with Gasteiger partial charge in [-0.15, -0.1) is 0 Å². The summed E-state index contributed by atoms with van der Waals surface area (Å²) in [5, 5.41) is 0. The Labute approximate surface area is 111 Å². The zero-order valence-electron chi connectivity index (χ0n) is 12.5. The van der Waals surface area contributed by atoms with Crippen molar-refractivity contribution in [3.63, 3.8) is 0 Å². The van der Waals surface area contributed by atoms with Gasteiger partial charge in [-0.1, -0.05) is 27.7 Å². The quantitative estimate of drug-likeness (QED) is 0.876. The summed E-state index contributed by atoms with van der Waals surface area (Å²) in [5.74, 6) is 1.10. The second kappa shape index (κ2) is 4.09. The van der Waals surface area contributed by atoms with Gasteiger partial charge < -0.3 is 10.3 Å². The maximum absolute atomic E-state index is 6.72. The summed E-state index contributed by atoms with van der Waals surface area (Å²) in [6.07, 6.45) is 8.14. The monoisotopic (exact) mass is 249 g/mol. The summed E-state index contributed by atoms with van der Waals surface area (Å²) in [5.41, 5.74) is 7.24. The van der Waals surface area contributed by atoms with Crippen LogP contribution in [0.5, 0.6) is 0 Å². The number of aryl methyl sites for hydroxylation is 1. The number of hydrogen-bond acceptors (Lipinski definition) is 2. The molecule has 18 heavy (non-hydrogen) atoms. The van der Waals surface area contributed by atoms with E-state index < -0.39 is 0 Å². The Hall–Kier alpha value is -0.830. The summed E-state index contributed by atoms with van der Waals surface area (Å²) >= 11 is 0. The Bertz CT molecular complexity index is 413. The second-order valence-corrected chi connectivity index (χ2v) is 7.85. The molecule has 102 valence electrons. The molecule has 0 spiro atoms. The van der Waals surface area contributed by atoms with Gasteiger partial charge in [-0.25, -0.2) is 4.98 Å². The highest BCUT2D eigenvalue weighted by atomic mass is 15.0. The highest BCUT2D eigenvalue weighted by Gasteiger charge is 2.45. The van der Waals surface area contributed by atoms with Gasteiger partial charge >= 0.3 is 0 Å². The van der Waals surface area contributed by atoms with Crippen LogP contribution in [-0.2, 0) is 13.5 Å². The minimum atomic E-state index is -0.121. The van der Waals surface area contributed by atoms with Gasteiger partial charge in [0.25, 0.3) is 0 Å². The van der Waals surface area contributed by atoms with Crippen LogP contribution in [-0.4, -0.2) is 15.1 Å². The summed E-state index contributed by atoms with van der Waals surface area (Å²) in [6, 6.07) is 0. The molecule has 0 radical (unpaired) electrons. The number of hydrogen-bond donors (Lipinski definition) is 1. The number of aromatic nitrogens is 2. The Kier molecular flexibility index (Phi) is 3.09. The lowest BCUT2D eigenvalue weighted by molar-refractivity contribution is 0.0475. The number of imidazole rings is 1. The molecule has 0 aromatic carbocycles. The minimum absolute atomic E-state index is 0.121. The lowest BCUT2D eigenvalue weighted by Crippen LogP contribution is -2.53. The molecule has 0 amide bonds. The van der Waals surface area contributed by atoms with E-state index in [9.17, 15) is 0 Å². The molecule has 2 rings (SSSR count). The first-order chi connectivity index (χ1) is 8.11. The standard InChI is InChI=1S/C15H27N3/c1-13(2)9-14(3,4)11-15(16,10-13)8-12-17-6-7-18(12)5/h6-7H,8-11,16H2,1-5H3. The fraction of sp³-hybridized carbons (Fsp3) is 0.800. The van der Waals surface area contributed by atoms with Crippen LogP contribution in [0.4, 0.5) is 0 Å². The Morgan fingerprint density at radius 2 is 1.72 bits per heavy atom. The Morgan fingerprint density at radius 1 is 1.17 bits per heavy atom. The van der Waals surface area contributed by atoms with Crippen molar-refractivity contribution in [2.24, 2.45) is 23.6 Å². The average Bonchev–Trinajstić information content (AvgIpc) is 2.43. The molecule has 0 saturated heterocycles. The average molecular weight is 249 g/mol. The highest BCUT2D eigenvalue weighted by molar-refractivity contribution is 5.07. The van der Waals surface area contributed by atoms with Crippen molar-refractivity contribution in [3.05, 3.63) is 18.2 Å². The number of rotatable bonds is 2. The number of nitrogens with zero attached hydrogens (tertiary/aromatic N) is 2. The predicted molar refractivity (Wildman–Crippen MR) is 75.2 cm³/mol. The summed E-state index contributed by atoms with van der Waals surface area (Å²) < 4.78 is 2.09. The normalized spacial score (nSPS) is 25.0. The fourth-order valence-corrected chi connectivity index (χ4v) is 4.40. The third-order valence-corrected chi connectivity index (χ3v) is 4.05. The first-order valence-electron chi connectivity index (χ1n) is 6.86. The summed E-state index contributed by atoms with van der Waals surface area (Å²) in [7, 11) is 2.05. The predicted octanol–water partition coefficient (Wildman–Crippen LogP) is 2.90. The van der Waals surface area contributed by atoms with Crippen molar-refractivity contribution in [3.8, 4) is 0 Å². The van der Waals surface area contributed by atoms with E-state index in [0.29, 0.717) is 10.8 Å². The van der Waals surface area contributed by atoms with Crippen molar-refractivity contribution in [2.75, 3.05) is 0 Å². The van der Waals surface area contributed by atoms with Crippen molar-refractivity contribution in [2.45, 2.75) is 58.9 Å². The molecule has 0 atom stereocenters. The SMILES string of the molecule is Cn1ccnc1CC1(N)CC(C)(C)CC(C)(C)C1. The molecule has 1 aliphatic rings. The van der Waals surface area contributed by atoms with Crippen LogP contribution in [0.15, 0.2) is 12.4 Å². The fourth-order valence-electron chi connectivity index (χ4n) is 4.40. The van der Waals surface area contributed by atoms with E-state index in [-0.39, 0.29) is 5.54 Å². The van der Waals surface area contributed by atoms with E-state index in [0.717, 1.165) is 25.1 Å². The molecule has 0 unspecified atom stereocenters. The van der Waals surface area contributed by atoms with E-state index in [1.807, 2.05) is 19.4 Å². The zero-order chi connectivity index (χ0) is 13.6. The maximum Gasteiger partial charge on any atom is 0.110 e. The smallest absolute Gasteiger partial charge is 0.110 e. The van der Waals surface area contributed by atoms with E-state index in [2.05, 4.69) is 37.2 Å². The zero-order valence-corrected chi connectivity index (χ0v) is 12.5. The van der Waals surface area contributed by atoms with Gasteiger partial charge in [0, 0.05) is 31.4 Å². The largest absolute Gasteiger partial charge is 0.338 e. The van der Waals surface area contributed by atoms with Crippen molar-refractivity contribution < 1.29 is 0 Å². The first kappa shape index (κ1) is 13.6. The van der Waals surface area contributed by atoms with Gasteiger partial charge in [0.15, 0.2) is 0 Å². The van der Waals surface area contributed by atoms with Crippen molar-refractivity contribution >= 4 is 0 Å². The van der Waals surface area contributed by atoms with Crippen molar-refractivity contribution in [1.29, 1.82) is 0 Å². The lowest BCUT2D eigenvalue weighted by Gasteiger charge is -2.50. The van der Waals surface area contributed by atoms with Gasteiger partial charge in [0.2, 0.25) is 0 Å². The van der Waals surface area contributed by atoms with E-state index >= 15 is 0 Å². The molecular weight excluding hydrogens is 222 g/mol. The topological polar surface area (TPSA) is 43.8 Å². The lowest BCUT2D eigenvalue weighted by atomic mass is 9.58. The second-order valence-electron chi connectivity index (χ2n) is 7.85. The van der Waals surface area contributed by atoms with Gasteiger partial charge in [-0.05, 0) is 30.1 Å². The van der Waals surface area contributed by atoms with Gasteiger partial charge in [-0.2, -0.15) is 0 Å². The summed E-state index contributed by atoms with van der Waals surface area (Å²) in [6.45, 7) is 9.36. The van der Waals surface area contributed by atoms with Gasteiger partial charge in [0.1, 0.15) is 5.82 Å². The van der Waals surface area contributed by atoms with Crippen LogP contribution in [0.2, 0.25) is 0 Å². The third-order valence-electron chi connectivity index (χ3n) is 4.05. The van der Waals surface area contributed by atoms with Crippen LogP contribution in [0, 0.1) is 10.8 Å². The molecule has 0 bridgehead atoms. The molecule has 1 aliphatic carbocycles. The first-order valence-corrected chi connectivity index (χ1v) is 6.86. The molecule has 1 heterocycles. The minimum Gasteiger partial charge on any atom is -0.338 e. The van der Waals surface area contributed by atoms with Gasteiger partial charge in [0.05, 0.1) is 0 Å². The molecule has 0 aliphatic heterocycles. The van der Waals surface area contributed by atoms with E-state index in [1.165, 1.54) is 6.42 Å². The maximum atomic E-state index is 6.72. The molecule has 1 aromatic rings. The Morgan fingerprint density at radius 3 is 2.17 bits per heavy atom. The van der Waals surface area contributed by atoms with Gasteiger partial charge in [-0.3, -0.25) is 0 Å². The Balaban J connectivity index is 2.22. The molecule has 2 N–H and O–H groups in total.